The van der Waals surface area contributed by atoms with E-state index in [9.17, 15) is 0 Å². The first-order valence-electron chi connectivity index (χ1n) is 20.6. The van der Waals surface area contributed by atoms with Crippen molar-refractivity contribution in [2.24, 2.45) is 0 Å². The fourth-order valence-electron chi connectivity index (χ4n) is 10.3. The van der Waals surface area contributed by atoms with Gasteiger partial charge in [-0.25, -0.2) is 0 Å². The van der Waals surface area contributed by atoms with Crippen LogP contribution in [-0.4, -0.2) is 0 Å². The van der Waals surface area contributed by atoms with Gasteiger partial charge in [-0.05, 0) is 128 Å². The largest absolute Gasteiger partial charge is 0.309 e. The highest BCUT2D eigenvalue weighted by Crippen LogP contribution is 2.55. The fourth-order valence-corrected chi connectivity index (χ4v) is 10.3. The lowest BCUT2D eigenvalue weighted by atomic mass is 9.80. The number of rotatable bonds is 6. The van der Waals surface area contributed by atoms with Crippen LogP contribution in [0.2, 0.25) is 0 Å². The first-order valence-corrected chi connectivity index (χ1v) is 20.6. The minimum absolute atomic E-state index is 1.14. The zero-order valence-corrected chi connectivity index (χ0v) is 32.1. The van der Waals surface area contributed by atoms with E-state index in [4.69, 9.17) is 0 Å². The van der Waals surface area contributed by atoms with Gasteiger partial charge in [-0.3, -0.25) is 0 Å². The van der Waals surface area contributed by atoms with Gasteiger partial charge in [-0.2, -0.15) is 0 Å². The number of aryl methyl sites for hydroxylation is 1. The van der Waals surface area contributed by atoms with Crippen molar-refractivity contribution in [3.8, 4) is 0 Å². The van der Waals surface area contributed by atoms with Crippen LogP contribution >= 0.6 is 0 Å². The third-order valence-corrected chi connectivity index (χ3v) is 12.9. The number of hydrogen-bond acceptors (Lipinski definition) is 1. The summed E-state index contributed by atoms with van der Waals surface area (Å²) < 4.78 is 0. The second kappa shape index (κ2) is 12.7. The molecule has 0 radical (unpaired) electrons. The number of nitrogens with zero attached hydrogens (tertiary/aromatic N) is 1. The van der Waals surface area contributed by atoms with Crippen molar-refractivity contribution in [2.45, 2.75) is 39.0 Å². The Morgan fingerprint density at radius 3 is 1.40 bits per heavy atom. The Morgan fingerprint density at radius 2 is 0.842 bits per heavy atom. The molecule has 1 nitrogen and oxygen atoms in total. The molecule has 0 unspecified atom stereocenters. The molecule has 0 saturated heterocycles. The SMILES string of the molecule is Cc1ccc(N(c2ccc(/C=C/c3ccc(C=C4CCCCC4)cc3)cc2)c2c3cccc4c5cccc6cc7cccc8c9cccc2c9c(c34)c(c65)c78)cc1. The molecule has 1 fully saturated rings. The lowest BCUT2D eigenvalue weighted by molar-refractivity contribution is 0.602. The topological polar surface area (TPSA) is 3.24 Å². The molecule has 1 aliphatic carbocycles. The molecule has 0 heterocycles. The van der Waals surface area contributed by atoms with Gasteiger partial charge in [0.25, 0.3) is 0 Å². The molecule has 0 N–H and O–H groups in total. The summed E-state index contributed by atoms with van der Waals surface area (Å²) in [5.41, 5.74) is 10.1. The van der Waals surface area contributed by atoms with Crippen molar-refractivity contribution in [2.75, 3.05) is 4.90 Å². The smallest absolute Gasteiger partial charge is 0.0619 e. The van der Waals surface area contributed by atoms with Crippen LogP contribution in [0, 0.1) is 6.92 Å². The second-order valence-electron chi connectivity index (χ2n) is 16.4. The average Bonchev–Trinajstić information content (AvgIpc) is 3.26. The minimum atomic E-state index is 1.14. The summed E-state index contributed by atoms with van der Waals surface area (Å²) in [6.07, 6.45) is 13.4. The Kier molecular flexibility index (Phi) is 7.23. The number of fused-ring (bicyclic) bond motifs is 2. The van der Waals surface area contributed by atoms with Crippen LogP contribution in [0.4, 0.5) is 17.1 Å². The van der Waals surface area contributed by atoms with Gasteiger partial charge in [0.1, 0.15) is 0 Å². The molecule has 270 valence electrons. The number of anilines is 3. The molecule has 1 saturated carbocycles. The summed E-state index contributed by atoms with van der Waals surface area (Å²) in [5, 5.41) is 18.7. The van der Waals surface area contributed by atoms with E-state index >= 15 is 0 Å². The van der Waals surface area contributed by atoms with Gasteiger partial charge in [-0.1, -0.05) is 157 Å². The fraction of sp³-hybridized carbons (Fsp3) is 0.107. The van der Waals surface area contributed by atoms with Crippen LogP contribution < -0.4 is 4.90 Å². The maximum absolute atomic E-state index is 2.51. The summed E-state index contributed by atoms with van der Waals surface area (Å²) in [4.78, 5) is 2.51. The predicted molar refractivity (Wildman–Crippen MR) is 248 cm³/mol. The molecule has 12 rings (SSSR count). The van der Waals surface area contributed by atoms with E-state index in [0.29, 0.717) is 0 Å². The van der Waals surface area contributed by atoms with E-state index in [1.54, 1.807) is 5.57 Å². The van der Waals surface area contributed by atoms with Crippen molar-refractivity contribution in [1.82, 2.24) is 0 Å². The van der Waals surface area contributed by atoms with Gasteiger partial charge in [-0.15, -0.1) is 0 Å². The van der Waals surface area contributed by atoms with Gasteiger partial charge in [0.05, 0.1) is 5.69 Å². The van der Waals surface area contributed by atoms with E-state index in [-0.39, 0.29) is 0 Å². The van der Waals surface area contributed by atoms with E-state index in [1.165, 1.54) is 135 Å². The van der Waals surface area contributed by atoms with Crippen molar-refractivity contribution in [3.63, 3.8) is 0 Å². The summed E-state index contributed by atoms with van der Waals surface area (Å²) in [7, 11) is 0. The summed E-state index contributed by atoms with van der Waals surface area (Å²) in [5.74, 6) is 0. The van der Waals surface area contributed by atoms with Gasteiger partial charge in [0, 0.05) is 38.3 Å². The van der Waals surface area contributed by atoms with Gasteiger partial charge in [0.2, 0.25) is 0 Å². The minimum Gasteiger partial charge on any atom is -0.309 e. The summed E-state index contributed by atoms with van der Waals surface area (Å²) in [6.45, 7) is 2.17. The lowest BCUT2D eigenvalue weighted by Gasteiger charge is -2.31. The first kappa shape index (κ1) is 32.5. The predicted octanol–water partition coefficient (Wildman–Crippen LogP) is 16.4. The molecule has 1 heteroatoms. The Labute approximate surface area is 332 Å². The summed E-state index contributed by atoms with van der Waals surface area (Å²) >= 11 is 0. The average molecular weight is 728 g/mol. The Hall–Kier alpha value is -6.70. The van der Waals surface area contributed by atoms with Gasteiger partial charge in [0.15, 0.2) is 0 Å². The molecule has 11 aromatic rings. The zero-order chi connectivity index (χ0) is 37.6. The highest BCUT2D eigenvalue weighted by molar-refractivity contribution is 6.50. The van der Waals surface area contributed by atoms with E-state index in [2.05, 4.69) is 182 Å². The maximum Gasteiger partial charge on any atom is 0.0619 e. The molecule has 11 aromatic carbocycles. The Balaban J connectivity index is 1.05. The Morgan fingerprint density at radius 1 is 0.404 bits per heavy atom. The van der Waals surface area contributed by atoms with Crippen molar-refractivity contribution in [3.05, 3.63) is 179 Å². The molecule has 0 spiro atoms. The number of benzene rings is 11. The molecule has 0 atom stereocenters. The molecule has 57 heavy (non-hydrogen) atoms. The monoisotopic (exact) mass is 727 g/mol. The highest BCUT2D eigenvalue weighted by Gasteiger charge is 2.27. The van der Waals surface area contributed by atoms with Gasteiger partial charge < -0.3 is 4.90 Å². The third kappa shape index (κ3) is 5.02. The van der Waals surface area contributed by atoms with Crippen LogP contribution in [0.25, 0.3) is 93.6 Å². The van der Waals surface area contributed by atoms with Crippen LogP contribution in [0.3, 0.4) is 0 Å². The van der Waals surface area contributed by atoms with Crippen LogP contribution in [0.1, 0.15) is 54.4 Å². The van der Waals surface area contributed by atoms with Crippen LogP contribution in [0.15, 0.2) is 157 Å². The molecule has 0 bridgehead atoms. The van der Waals surface area contributed by atoms with Crippen molar-refractivity contribution < 1.29 is 0 Å². The second-order valence-corrected chi connectivity index (χ2v) is 16.4. The van der Waals surface area contributed by atoms with E-state index in [0.717, 1.165) is 11.4 Å². The third-order valence-electron chi connectivity index (χ3n) is 12.9. The lowest BCUT2D eigenvalue weighted by Crippen LogP contribution is -2.12. The van der Waals surface area contributed by atoms with Gasteiger partial charge >= 0.3 is 0 Å². The van der Waals surface area contributed by atoms with Crippen LogP contribution in [-0.2, 0) is 0 Å². The normalized spacial score (nSPS) is 13.9. The standard InChI is InChI=1S/C56H41N/c1-35-19-29-42(30-20-35)57(43-31-27-37(28-32-43)22-21-36-23-25-39(26-24-36)33-38-9-3-2-4-10-38)56-48-17-7-15-46-44-13-5-11-40-34-41-12-6-14-45-47-16-8-18-49(56)53(47)55(52(46)48)54(50(40)44)51(41)45/h5-8,11-34H,2-4,9-10H2,1H3/b22-21+. The summed E-state index contributed by atoms with van der Waals surface area (Å²) in [6, 6.07) is 57.2. The highest BCUT2D eigenvalue weighted by atomic mass is 15.1. The molecule has 1 aliphatic rings. The van der Waals surface area contributed by atoms with E-state index < -0.39 is 0 Å². The Bertz CT molecular complexity index is 3200. The van der Waals surface area contributed by atoms with E-state index in [1.807, 2.05) is 0 Å². The number of hydrogen-bond donors (Lipinski definition) is 0. The van der Waals surface area contributed by atoms with Crippen LogP contribution in [0.5, 0.6) is 0 Å². The molecular formula is C56H41N. The molecular weight excluding hydrogens is 687 g/mol. The molecule has 0 amide bonds. The first-order chi connectivity index (χ1) is 28.2. The van der Waals surface area contributed by atoms with Crippen molar-refractivity contribution in [1.29, 1.82) is 0 Å². The van der Waals surface area contributed by atoms with Crippen molar-refractivity contribution >= 4 is 111 Å². The molecule has 0 aromatic heterocycles. The quantitative estimate of drug-likeness (QED) is 0.0936. The number of allylic oxidation sites excluding steroid dienone is 1. The zero-order valence-electron chi connectivity index (χ0n) is 32.1. The molecule has 0 aliphatic heterocycles. The maximum atomic E-state index is 2.51.